The molecule has 0 fully saturated rings. The van der Waals surface area contributed by atoms with Gasteiger partial charge in [-0.05, 0) is 42.5 Å². The van der Waals surface area contributed by atoms with Crippen LogP contribution in [0.15, 0.2) is 42.7 Å². The van der Waals surface area contributed by atoms with Crippen molar-refractivity contribution in [3.05, 3.63) is 48.3 Å². The van der Waals surface area contributed by atoms with Crippen LogP contribution in [-0.4, -0.2) is 9.97 Å². The summed E-state index contributed by atoms with van der Waals surface area (Å²) in [6.45, 7) is 4.53. The molecule has 2 heteroatoms. The second-order valence-electron chi connectivity index (χ2n) is 5.67. The van der Waals surface area contributed by atoms with Crippen LogP contribution in [0.1, 0.15) is 63.9 Å². The van der Waals surface area contributed by atoms with Gasteiger partial charge in [-0.15, -0.1) is 0 Å². The van der Waals surface area contributed by atoms with E-state index in [9.17, 15) is 0 Å². The Bertz CT molecular complexity index is 497. The highest BCUT2D eigenvalue weighted by molar-refractivity contribution is 5.53. The van der Waals surface area contributed by atoms with Crippen LogP contribution in [0.5, 0.6) is 0 Å². The Balaban J connectivity index is 2.11. The van der Waals surface area contributed by atoms with Gasteiger partial charge in [-0.1, -0.05) is 51.7 Å². The van der Waals surface area contributed by atoms with Crippen molar-refractivity contribution in [3.63, 3.8) is 0 Å². The molecule has 0 atom stereocenters. The third-order valence-electron chi connectivity index (χ3n) is 4.00. The second kappa shape index (κ2) is 8.56. The molecule has 2 aromatic heterocycles. The van der Waals surface area contributed by atoms with Crippen molar-refractivity contribution < 1.29 is 0 Å². The molecule has 2 aromatic rings. The number of nitrogens with zero attached hydrogens (tertiary/aromatic N) is 2. The van der Waals surface area contributed by atoms with Crippen LogP contribution in [0, 0.1) is 0 Å². The number of unbranched alkanes of at least 4 members (excludes halogenated alkanes) is 2. The van der Waals surface area contributed by atoms with E-state index in [0.717, 1.165) is 11.4 Å². The third kappa shape index (κ3) is 4.66. The van der Waals surface area contributed by atoms with E-state index in [4.69, 9.17) is 0 Å². The Kier molecular flexibility index (Phi) is 6.39. The van der Waals surface area contributed by atoms with Crippen molar-refractivity contribution in [1.29, 1.82) is 0 Å². The molecule has 0 saturated carbocycles. The number of aromatic nitrogens is 2. The predicted octanol–water partition coefficient (Wildman–Crippen LogP) is 5.61. The number of pyridine rings is 2. The normalized spacial score (nSPS) is 11.0. The quantitative estimate of drug-likeness (QED) is 0.629. The average Bonchev–Trinajstić information content (AvgIpc) is 2.56. The molecule has 0 saturated heterocycles. The first kappa shape index (κ1) is 15.7. The summed E-state index contributed by atoms with van der Waals surface area (Å²) in [5.74, 6) is 0.662. The van der Waals surface area contributed by atoms with Crippen molar-refractivity contribution in [2.24, 2.45) is 0 Å². The molecule has 0 N–H and O–H groups in total. The van der Waals surface area contributed by atoms with Gasteiger partial charge in [0.05, 0.1) is 11.4 Å². The fourth-order valence-corrected chi connectivity index (χ4v) is 2.69. The average molecular weight is 282 g/mol. The number of hydrogen-bond donors (Lipinski definition) is 0. The number of hydrogen-bond acceptors (Lipinski definition) is 2. The van der Waals surface area contributed by atoms with Gasteiger partial charge in [0.25, 0.3) is 0 Å². The SMILES string of the molecule is CCCCC(CCCC)c1ccc(-c2ccccn2)nc1. The first-order chi connectivity index (χ1) is 10.3. The molecule has 0 unspecified atom stereocenters. The molecule has 0 bridgehead atoms. The van der Waals surface area contributed by atoms with E-state index < -0.39 is 0 Å². The minimum Gasteiger partial charge on any atom is -0.255 e. The zero-order valence-electron chi connectivity index (χ0n) is 13.3. The highest BCUT2D eigenvalue weighted by Gasteiger charge is 2.11. The fourth-order valence-electron chi connectivity index (χ4n) is 2.69. The summed E-state index contributed by atoms with van der Waals surface area (Å²) in [4.78, 5) is 8.98. The maximum atomic E-state index is 4.62. The Labute approximate surface area is 128 Å². The minimum atomic E-state index is 0.662. The fraction of sp³-hybridized carbons (Fsp3) is 0.474. The molecule has 112 valence electrons. The molecular formula is C19H26N2. The summed E-state index contributed by atoms with van der Waals surface area (Å²) in [5.41, 5.74) is 3.29. The Morgan fingerprint density at radius 2 is 1.57 bits per heavy atom. The standard InChI is InChI=1S/C19H26N2/c1-3-5-9-16(10-6-4-2)17-12-13-19(21-15-17)18-11-7-8-14-20-18/h7-8,11-16H,3-6,9-10H2,1-2H3. The van der Waals surface area contributed by atoms with E-state index in [1.807, 2.05) is 24.4 Å². The van der Waals surface area contributed by atoms with Crippen molar-refractivity contribution in [1.82, 2.24) is 9.97 Å². The Morgan fingerprint density at radius 3 is 2.10 bits per heavy atom. The van der Waals surface area contributed by atoms with Crippen molar-refractivity contribution in [3.8, 4) is 11.4 Å². The smallest absolute Gasteiger partial charge is 0.0886 e. The summed E-state index contributed by atoms with van der Waals surface area (Å²) in [5, 5.41) is 0. The molecule has 2 rings (SSSR count). The zero-order chi connectivity index (χ0) is 14.9. The van der Waals surface area contributed by atoms with E-state index in [1.54, 1.807) is 0 Å². The van der Waals surface area contributed by atoms with Crippen molar-refractivity contribution >= 4 is 0 Å². The molecule has 0 radical (unpaired) electrons. The van der Waals surface area contributed by atoms with Gasteiger partial charge in [0, 0.05) is 12.4 Å². The van der Waals surface area contributed by atoms with Crippen LogP contribution < -0.4 is 0 Å². The molecule has 0 spiro atoms. The maximum absolute atomic E-state index is 4.62. The van der Waals surface area contributed by atoms with Gasteiger partial charge in [-0.2, -0.15) is 0 Å². The van der Waals surface area contributed by atoms with E-state index in [2.05, 4.69) is 42.1 Å². The van der Waals surface area contributed by atoms with Crippen molar-refractivity contribution in [2.45, 2.75) is 58.3 Å². The summed E-state index contributed by atoms with van der Waals surface area (Å²) in [7, 11) is 0. The summed E-state index contributed by atoms with van der Waals surface area (Å²) in [6.07, 6.45) is 11.6. The van der Waals surface area contributed by atoms with Gasteiger partial charge >= 0.3 is 0 Å². The van der Waals surface area contributed by atoms with Gasteiger partial charge in [-0.3, -0.25) is 9.97 Å². The monoisotopic (exact) mass is 282 g/mol. The van der Waals surface area contributed by atoms with Gasteiger partial charge in [-0.25, -0.2) is 0 Å². The molecule has 2 nitrogen and oxygen atoms in total. The van der Waals surface area contributed by atoms with E-state index >= 15 is 0 Å². The topological polar surface area (TPSA) is 25.8 Å². The van der Waals surface area contributed by atoms with Gasteiger partial charge in [0.15, 0.2) is 0 Å². The van der Waals surface area contributed by atoms with Crippen LogP contribution in [0.3, 0.4) is 0 Å². The van der Waals surface area contributed by atoms with Crippen LogP contribution in [-0.2, 0) is 0 Å². The lowest BCUT2D eigenvalue weighted by atomic mass is 9.90. The maximum Gasteiger partial charge on any atom is 0.0886 e. The first-order valence-electron chi connectivity index (χ1n) is 8.22. The van der Waals surface area contributed by atoms with Crippen LogP contribution >= 0.6 is 0 Å². The molecule has 0 aliphatic rings. The Morgan fingerprint density at radius 1 is 0.857 bits per heavy atom. The molecule has 2 heterocycles. The van der Waals surface area contributed by atoms with E-state index in [1.165, 1.54) is 44.1 Å². The highest BCUT2D eigenvalue weighted by atomic mass is 14.8. The van der Waals surface area contributed by atoms with Crippen molar-refractivity contribution in [2.75, 3.05) is 0 Å². The zero-order valence-corrected chi connectivity index (χ0v) is 13.3. The lowest BCUT2D eigenvalue weighted by Gasteiger charge is -2.16. The summed E-state index contributed by atoms with van der Waals surface area (Å²) >= 11 is 0. The molecule has 0 aliphatic carbocycles. The van der Waals surface area contributed by atoms with Gasteiger partial charge in [0.1, 0.15) is 0 Å². The van der Waals surface area contributed by atoms with E-state index in [-0.39, 0.29) is 0 Å². The molecular weight excluding hydrogens is 256 g/mol. The lowest BCUT2D eigenvalue weighted by molar-refractivity contribution is 0.524. The number of rotatable bonds is 8. The molecule has 0 aromatic carbocycles. The van der Waals surface area contributed by atoms with Gasteiger partial charge < -0.3 is 0 Å². The van der Waals surface area contributed by atoms with Crippen LogP contribution in [0.25, 0.3) is 11.4 Å². The van der Waals surface area contributed by atoms with Gasteiger partial charge in [0.2, 0.25) is 0 Å². The second-order valence-corrected chi connectivity index (χ2v) is 5.67. The minimum absolute atomic E-state index is 0.662. The lowest BCUT2D eigenvalue weighted by Crippen LogP contribution is -2.00. The third-order valence-corrected chi connectivity index (χ3v) is 4.00. The Hall–Kier alpha value is -1.70. The predicted molar refractivity (Wildman–Crippen MR) is 89.3 cm³/mol. The molecule has 21 heavy (non-hydrogen) atoms. The summed E-state index contributed by atoms with van der Waals surface area (Å²) in [6, 6.07) is 10.3. The highest BCUT2D eigenvalue weighted by Crippen LogP contribution is 2.28. The molecule has 0 aliphatic heterocycles. The van der Waals surface area contributed by atoms with Crippen LogP contribution in [0.2, 0.25) is 0 Å². The molecule has 0 amide bonds. The summed E-state index contributed by atoms with van der Waals surface area (Å²) < 4.78 is 0. The van der Waals surface area contributed by atoms with Crippen LogP contribution in [0.4, 0.5) is 0 Å². The largest absolute Gasteiger partial charge is 0.255 e. The van der Waals surface area contributed by atoms with E-state index in [0.29, 0.717) is 5.92 Å². The first-order valence-corrected chi connectivity index (χ1v) is 8.22.